The molecule has 1 saturated heterocycles. The largest absolute Gasteiger partial charge is 0.329 e. The van der Waals surface area contributed by atoms with Crippen LogP contribution in [0.2, 0.25) is 0 Å². The molecule has 1 heterocycles. The van der Waals surface area contributed by atoms with E-state index in [4.69, 9.17) is 5.73 Å². The van der Waals surface area contributed by atoms with E-state index in [1.165, 1.54) is 70.9 Å². The zero-order valence-electron chi connectivity index (χ0n) is 11.1. The number of piperidine rings is 1. The van der Waals surface area contributed by atoms with E-state index in [1.54, 1.807) is 0 Å². The van der Waals surface area contributed by atoms with Crippen LogP contribution in [0.5, 0.6) is 0 Å². The number of nitrogens with two attached hydrogens (primary N) is 1. The van der Waals surface area contributed by atoms with Gasteiger partial charge in [0.05, 0.1) is 0 Å². The Morgan fingerprint density at radius 1 is 0.882 bits per heavy atom. The van der Waals surface area contributed by atoms with Crippen LogP contribution in [0.4, 0.5) is 0 Å². The number of nitrogens with zero attached hydrogens (tertiary/aromatic N) is 1. The lowest BCUT2D eigenvalue weighted by atomic mass is 9.95. The molecule has 1 aliphatic carbocycles. The van der Waals surface area contributed by atoms with Gasteiger partial charge in [-0.2, -0.15) is 0 Å². The predicted octanol–water partition coefficient (Wildman–Crippen LogP) is 3.19. The number of rotatable bonds is 3. The van der Waals surface area contributed by atoms with Gasteiger partial charge in [-0.05, 0) is 38.1 Å². The van der Waals surface area contributed by atoms with Crippen LogP contribution in [-0.4, -0.2) is 30.6 Å². The van der Waals surface area contributed by atoms with Crippen molar-refractivity contribution in [3.8, 4) is 0 Å². The standard InChI is InChI=1S/C14H28N2.ClH/c15-11-14-9-5-6-10-16(14)12-13-7-3-1-2-4-8-13;/h13-14H,1-12,15H2;1H. The smallest absolute Gasteiger partial charge is 0.0218 e. The number of likely N-dealkylation sites (tertiary alicyclic amines) is 1. The summed E-state index contributed by atoms with van der Waals surface area (Å²) in [6.45, 7) is 3.51. The van der Waals surface area contributed by atoms with E-state index in [0.717, 1.165) is 12.5 Å². The van der Waals surface area contributed by atoms with E-state index in [-0.39, 0.29) is 12.4 Å². The molecule has 0 spiro atoms. The van der Waals surface area contributed by atoms with Gasteiger partial charge in [-0.25, -0.2) is 0 Å². The van der Waals surface area contributed by atoms with Crippen molar-refractivity contribution in [2.24, 2.45) is 11.7 Å². The van der Waals surface area contributed by atoms with Crippen LogP contribution in [0.15, 0.2) is 0 Å². The first-order chi connectivity index (χ1) is 7.90. The fourth-order valence-electron chi connectivity index (χ4n) is 3.45. The molecule has 2 N–H and O–H groups in total. The minimum absolute atomic E-state index is 0. The molecule has 2 nitrogen and oxygen atoms in total. The molecule has 0 bridgehead atoms. The topological polar surface area (TPSA) is 29.3 Å². The minimum Gasteiger partial charge on any atom is -0.329 e. The van der Waals surface area contributed by atoms with Crippen LogP contribution < -0.4 is 5.73 Å². The molecular weight excluding hydrogens is 232 g/mol. The summed E-state index contributed by atoms with van der Waals surface area (Å²) in [4.78, 5) is 2.69. The normalized spacial score (nSPS) is 28.4. The molecule has 1 saturated carbocycles. The Bertz CT molecular complexity index is 191. The lowest BCUT2D eigenvalue weighted by Gasteiger charge is -2.37. The molecule has 2 fully saturated rings. The quantitative estimate of drug-likeness (QED) is 0.790. The highest BCUT2D eigenvalue weighted by Gasteiger charge is 2.24. The molecular formula is C14H29ClN2. The summed E-state index contributed by atoms with van der Waals surface area (Å²) in [5.41, 5.74) is 5.89. The van der Waals surface area contributed by atoms with Gasteiger partial charge in [-0.1, -0.05) is 32.1 Å². The molecule has 1 unspecified atom stereocenters. The third kappa shape index (κ3) is 4.76. The van der Waals surface area contributed by atoms with Gasteiger partial charge in [0.1, 0.15) is 0 Å². The molecule has 0 amide bonds. The van der Waals surface area contributed by atoms with Crippen LogP contribution in [0.1, 0.15) is 57.8 Å². The van der Waals surface area contributed by atoms with Crippen LogP contribution >= 0.6 is 12.4 Å². The van der Waals surface area contributed by atoms with Crippen molar-refractivity contribution in [2.45, 2.75) is 63.8 Å². The molecule has 2 rings (SSSR count). The first-order valence-electron chi connectivity index (χ1n) is 7.34. The van der Waals surface area contributed by atoms with Gasteiger partial charge in [0.25, 0.3) is 0 Å². The number of hydrogen-bond acceptors (Lipinski definition) is 2. The number of hydrogen-bond donors (Lipinski definition) is 1. The maximum Gasteiger partial charge on any atom is 0.0218 e. The van der Waals surface area contributed by atoms with Gasteiger partial charge in [0.2, 0.25) is 0 Å². The molecule has 17 heavy (non-hydrogen) atoms. The Morgan fingerprint density at radius 3 is 2.18 bits per heavy atom. The summed E-state index contributed by atoms with van der Waals surface area (Å²) >= 11 is 0. The Morgan fingerprint density at radius 2 is 1.53 bits per heavy atom. The van der Waals surface area contributed by atoms with E-state index in [0.29, 0.717) is 6.04 Å². The molecule has 1 atom stereocenters. The second kappa shape index (κ2) is 8.34. The Balaban J connectivity index is 0.00000144. The fraction of sp³-hybridized carbons (Fsp3) is 1.00. The minimum atomic E-state index is 0. The first-order valence-corrected chi connectivity index (χ1v) is 7.34. The molecule has 0 radical (unpaired) electrons. The van der Waals surface area contributed by atoms with E-state index in [9.17, 15) is 0 Å². The van der Waals surface area contributed by atoms with Crippen molar-refractivity contribution < 1.29 is 0 Å². The molecule has 1 aliphatic heterocycles. The van der Waals surface area contributed by atoms with Gasteiger partial charge in [0.15, 0.2) is 0 Å². The Labute approximate surface area is 113 Å². The van der Waals surface area contributed by atoms with Crippen LogP contribution in [0.25, 0.3) is 0 Å². The maximum absolute atomic E-state index is 5.89. The Hall–Kier alpha value is 0.210. The highest BCUT2D eigenvalue weighted by atomic mass is 35.5. The van der Waals surface area contributed by atoms with E-state index in [1.807, 2.05) is 0 Å². The number of halogens is 1. The fourth-order valence-corrected chi connectivity index (χ4v) is 3.45. The van der Waals surface area contributed by atoms with Crippen molar-refractivity contribution in [1.29, 1.82) is 0 Å². The summed E-state index contributed by atoms with van der Waals surface area (Å²) in [6.07, 6.45) is 12.9. The van der Waals surface area contributed by atoms with Crippen molar-refractivity contribution in [1.82, 2.24) is 4.90 Å². The summed E-state index contributed by atoms with van der Waals surface area (Å²) < 4.78 is 0. The van der Waals surface area contributed by atoms with E-state index < -0.39 is 0 Å². The lowest BCUT2D eigenvalue weighted by molar-refractivity contribution is 0.124. The van der Waals surface area contributed by atoms with Crippen molar-refractivity contribution in [3.63, 3.8) is 0 Å². The summed E-state index contributed by atoms with van der Waals surface area (Å²) in [5.74, 6) is 0.967. The highest BCUT2D eigenvalue weighted by molar-refractivity contribution is 5.85. The second-order valence-corrected chi connectivity index (χ2v) is 5.74. The van der Waals surface area contributed by atoms with Gasteiger partial charge in [-0.3, -0.25) is 4.90 Å². The lowest BCUT2D eigenvalue weighted by Crippen LogP contribution is -2.46. The second-order valence-electron chi connectivity index (χ2n) is 5.74. The van der Waals surface area contributed by atoms with Crippen LogP contribution in [-0.2, 0) is 0 Å². The first kappa shape index (κ1) is 15.3. The zero-order valence-corrected chi connectivity index (χ0v) is 11.9. The molecule has 2 aliphatic rings. The predicted molar refractivity (Wildman–Crippen MR) is 76.7 cm³/mol. The Kier molecular flexibility index (Phi) is 7.49. The van der Waals surface area contributed by atoms with Gasteiger partial charge in [-0.15, -0.1) is 12.4 Å². The zero-order chi connectivity index (χ0) is 11.2. The van der Waals surface area contributed by atoms with Gasteiger partial charge >= 0.3 is 0 Å². The molecule has 3 heteroatoms. The van der Waals surface area contributed by atoms with Crippen LogP contribution in [0.3, 0.4) is 0 Å². The van der Waals surface area contributed by atoms with Gasteiger partial charge < -0.3 is 5.73 Å². The monoisotopic (exact) mass is 260 g/mol. The van der Waals surface area contributed by atoms with E-state index >= 15 is 0 Å². The maximum atomic E-state index is 5.89. The van der Waals surface area contributed by atoms with Crippen molar-refractivity contribution >= 4 is 12.4 Å². The van der Waals surface area contributed by atoms with Crippen molar-refractivity contribution in [2.75, 3.05) is 19.6 Å². The third-order valence-corrected chi connectivity index (χ3v) is 4.49. The molecule has 102 valence electrons. The molecule has 0 aromatic rings. The third-order valence-electron chi connectivity index (χ3n) is 4.49. The average Bonchev–Trinajstić information content (AvgIpc) is 2.58. The summed E-state index contributed by atoms with van der Waals surface area (Å²) in [6, 6.07) is 0.692. The van der Waals surface area contributed by atoms with Crippen molar-refractivity contribution in [3.05, 3.63) is 0 Å². The highest BCUT2D eigenvalue weighted by Crippen LogP contribution is 2.26. The van der Waals surface area contributed by atoms with Gasteiger partial charge in [0, 0.05) is 19.1 Å². The molecule has 0 aromatic heterocycles. The molecule has 0 aromatic carbocycles. The average molecular weight is 261 g/mol. The van der Waals surface area contributed by atoms with Crippen LogP contribution in [0, 0.1) is 5.92 Å². The summed E-state index contributed by atoms with van der Waals surface area (Å²) in [5, 5.41) is 0. The SMILES string of the molecule is Cl.NCC1CCCCN1CC1CCCCCC1. The summed E-state index contributed by atoms with van der Waals surface area (Å²) in [7, 11) is 0. The van der Waals surface area contributed by atoms with E-state index in [2.05, 4.69) is 4.90 Å².